The third-order valence-electron chi connectivity index (χ3n) is 3.49. The second-order valence-electron chi connectivity index (χ2n) is 4.44. The van der Waals surface area contributed by atoms with Crippen molar-refractivity contribution in [2.75, 3.05) is 19.6 Å². The van der Waals surface area contributed by atoms with Gasteiger partial charge in [-0.15, -0.1) is 0 Å². The number of hydrogen-bond acceptors (Lipinski definition) is 4. The van der Waals surface area contributed by atoms with Crippen LogP contribution >= 0.6 is 0 Å². The first-order valence-electron chi connectivity index (χ1n) is 6.02. The molecule has 0 bridgehead atoms. The van der Waals surface area contributed by atoms with E-state index in [9.17, 15) is 9.59 Å². The number of amides is 2. The number of carbonyl (C=O) groups is 2. The molecule has 2 saturated heterocycles. The molecule has 2 aliphatic heterocycles. The second kappa shape index (κ2) is 4.93. The molecule has 0 aromatic carbocycles. The van der Waals surface area contributed by atoms with Gasteiger partial charge in [0.15, 0.2) is 0 Å². The standard InChI is InChI=1S/C11H19N3O2/c1-2-14(8-3-5-12-6-4-8)9-7-10(15)13-11(9)16/h8-9,12H,2-7H2,1H3,(H,13,15,16). The molecule has 90 valence electrons. The summed E-state index contributed by atoms with van der Waals surface area (Å²) in [7, 11) is 0. The van der Waals surface area contributed by atoms with E-state index < -0.39 is 0 Å². The monoisotopic (exact) mass is 225 g/mol. The van der Waals surface area contributed by atoms with Crippen LogP contribution in [0.4, 0.5) is 0 Å². The number of nitrogens with one attached hydrogen (secondary N) is 2. The molecule has 0 saturated carbocycles. The molecule has 2 amide bonds. The summed E-state index contributed by atoms with van der Waals surface area (Å²) in [6.45, 7) is 4.89. The highest BCUT2D eigenvalue weighted by Gasteiger charge is 2.37. The summed E-state index contributed by atoms with van der Waals surface area (Å²) < 4.78 is 0. The van der Waals surface area contributed by atoms with Gasteiger partial charge in [-0.2, -0.15) is 0 Å². The zero-order valence-electron chi connectivity index (χ0n) is 9.66. The normalized spacial score (nSPS) is 27.5. The molecule has 2 N–H and O–H groups in total. The van der Waals surface area contributed by atoms with Gasteiger partial charge in [0.1, 0.15) is 0 Å². The van der Waals surface area contributed by atoms with Crippen LogP contribution in [0.3, 0.4) is 0 Å². The molecule has 0 aromatic rings. The largest absolute Gasteiger partial charge is 0.317 e. The zero-order chi connectivity index (χ0) is 11.5. The van der Waals surface area contributed by atoms with Gasteiger partial charge in [-0.1, -0.05) is 6.92 Å². The topological polar surface area (TPSA) is 61.4 Å². The molecular formula is C11H19N3O2. The lowest BCUT2D eigenvalue weighted by atomic mass is 10.0. The van der Waals surface area contributed by atoms with E-state index in [2.05, 4.69) is 22.5 Å². The molecule has 2 rings (SSSR count). The van der Waals surface area contributed by atoms with Gasteiger partial charge in [0.25, 0.3) is 0 Å². The van der Waals surface area contributed by atoms with Crippen molar-refractivity contribution in [3.05, 3.63) is 0 Å². The van der Waals surface area contributed by atoms with E-state index >= 15 is 0 Å². The second-order valence-corrected chi connectivity index (χ2v) is 4.44. The molecule has 0 radical (unpaired) electrons. The molecule has 0 spiro atoms. The molecule has 5 heteroatoms. The summed E-state index contributed by atoms with van der Waals surface area (Å²) in [6, 6.07) is 0.202. The molecule has 1 unspecified atom stereocenters. The van der Waals surface area contributed by atoms with E-state index in [1.54, 1.807) is 0 Å². The Hall–Kier alpha value is -0.940. The first kappa shape index (κ1) is 11.5. The maximum Gasteiger partial charge on any atom is 0.244 e. The lowest BCUT2D eigenvalue weighted by Gasteiger charge is -2.36. The molecule has 0 aliphatic carbocycles. The van der Waals surface area contributed by atoms with Gasteiger partial charge < -0.3 is 5.32 Å². The number of nitrogens with zero attached hydrogens (tertiary/aromatic N) is 1. The molecule has 2 heterocycles. The highest BCUT2D eigenvalue weighted by atomic mass is 16.2. The molecule has 2 aliphatic rings. The van der Waals surface area contributed by atoms with E-state index in [0.717, 1.165) is 32.5 Å². The zero-order valence-corrected chi connectivity index (χ0v) is 9.66. The van der Waals surface area contributed by atoms with Crippen LogP contribution in [0, 0.1) is 0 Å². The number of likely N-dealkylation sites (N-methyl/N-ethyl adjacent to an activating group) is 1. The van der Waals surface area contributed by atoms with Crippen molar-refractivity contribution < 1.29 is 9.59 Å². The maximum atomic E-state index is 11.6. The van der Waals surface area contributed by atoms with E-state index in [1.807, 2.05) is 0 Å². The van der Waals surface area contributed by atoms with Crippen LogP contribution in [-0.4, -0.2) is 48.4 Å². The average Bonchev–Trinajstić information content (AvgIpc) is 2.61. The van der Waals surface area contributed by atoms with E-state index in [0.29, 0.717) is 12.5 Å². The number of hydrogen-bond donors (Lipinski definition) is 2. The van der Waals surface area contributed by atoms with Crippen LogP contribution in [0.25, 0.3) is 0 Å². The SMILES string of the molecule is CCN(C1CCNCC1)C1CC(=O)NC1=O. The lowest BCUT2D eigenvalue weighted by Crippen LogP contribution is -2.50. The third-order valence-corrected chi connectivity index (χ3v) is 3.49. The minimum atomic E-state index is -0.236. The minimum Gasteiger partial charge on any atom is -0.317 e. The fraction of sp³-hybridized carbons (Fsp3) is 0.818. The molecular weight excluding hydrogens is 206 g/mol. The Bertz CT molecular complexity index is 287. The van der Waals surface area contributed by atoms with E-state index in [4.69, 9.17) is 0 Å². The van der Waals surface area contributed by atoms with Crippen LogP contribution in [0.15, 0.2) is 0 Å². The van der Waals surface area contributed by atoms with Gasteiger partial charge in [0, 0.05) is 6.04 Å². The van der Waals surface area contributed by atoms with Crippen LogP contribution < -0.4 is 10.6 Å². The first-order chi connectivity index (χ1) is 7.72. The van der Waals surface area contributed by atoms with Crippen molar-refractivity contribution in [2.45, 2.75) is 38.3 Å². The van der Waals surface area contributed by atoms with Crippen LogP contribution in [-0.2, 0) is 9.59 Å². The van der Waals surface area contributed by atoms with Gasteiger partial charge in [-0.25, -0.2) is 0 Å². The van der Waals surface area contributed by atoms with Crippen molar-refractivity contribution >= 4 is 11.8 Å². The quantitative estimate of drug-likeness (QED) is 0.634. The van der Waals surface area contributed by atoms with Crippen LogP contribution in [0.2, 0.25) is 0 Å². The predicted molar refractivity (Wildman–Crippen MR) is 59.8 cm³/mol. The predicted octanol–water partition coefficient (Wildman–Crippen LogP) is -0.525. The summed E-state index contributed by atoms with van der Waals surface area (Å²) in [4.78, 5) is 25.0. The fourth-order valence-electron chi connectivity index (χ4n) is 2.68. The summed E-state index contributed by atoms with van der Waals surface area (Å²) >= 11 is 0. The number of imide groups is 1. The first-order valence-corrected chi connectivity index (χ1v) is 6.02. The Morgan fingerprint density at radius 1 is 1.31 bits per heavy atom. The fourth-order valence-corrected chi connectivity index (χ4v) is 2.68. The summed E-state index contributed by atoms with van der Waals surface area (Å²) in [5, 5.41) is 5.70. The summed E-state index contributed by atoms with van der Waals surface area (Å²) in [6.07, 6.45) is 2.45. The van der Waals surface area contributed by atoms with Gasteiger partial charge in [-0.3, -0.25) is 19.8 Å². The summed E-state index contributed by atoms with van der Waals surface area (Å²) in [5.74, 6) is -0.257. The van der Waals surface area contributed by atoms with Gasteiger partial charge in [-0.05, 0) is 32.5 Å². The Balaban J connectivity index is 2.03. The van der Waals surface area contributed by atoms with Crippen LogP contribution in [0.1, 0.15) is 26.2 Å². The molecule has 1 atom stereocenters. The van der Waals surface area contributed by atoms with Crippen molar-refractivity contribution in [2.24, 2.45) is 0 Å². The molecule has 16 heavy (non-hydrogen) atoms. The van der Waals surface area contributed by atoms with E-state index in [-0.39, 0.29) is 17.9 Å². The van der Waals surface area contributed by atoms with Gasteiger partial charge in [0.2, 0.25) is 11.8 Å². The number of carbonyl (C=O) groups excluding carboxylic acids is 2. The maximum absolute atomic E-state index is 11.6. The number of rotatable bonds is 3. The summed E-state index contributed by atoms with van der Waals surface area (Å²) in [5.41, 5.74) is 0. The Morgan fingerprint density at radius 3 is 2.50 bits per heavy atom. The van der Waals surface area contributed by atoms with Crippen LogP contribution in [0.5, 0.6) is 0 Å². The average molecular weight is 225 g/mol. The third kappa shape index (κ3) is 2.25. The van der Waals surface area contributed by atoms with Crippen molar-refractivity contribution in [1.29, 1.82) is 0 Å². The smallest absolute Gasteiger partial charge is 0.244 e. The number of piperidine rings is 1. The van der Waals surface area contributed by atoms with Crippen molar-refractivity contribution in [1.82, 2.24) is 15.5 Å². The Labute approximate surface area is 95.6 Å². The van der Waals surface area contributed by atoms with Crippen molar-refractivity contribution in [3.63, 3.8) is 0 Å². The highest BCUT2D eigenvalue weighted by molar-refractivity contribution is 6.05. The van der Waals surface area contributed by atoms with E-state index in [1.165, 1.54) is 0 Å². The molecule has 5 nitrogen and oxygen atoms in total. The molecule has 2 fully saturated rings. The highest BCUT2D eigenvalue weighted by Crippen LogP contribution is 2.19. The van der Waals surface area contributed by atoms with Gasteiger partial charge >= 0.3 is 0 Å². The van der Waals surface area contributed by atoms with Crippen molar-refractivity contribution in [3.8, 4) is 0 Å². The minimum absolute atomic E-state index is 0.120. The lowest BCUT2D eigenvalue weighted by molar-refractivity contribution is -0.126. The Morgan fingerprint density at radius 2 is 2.00 bits per heavy atom. The molecule has 0 aromatic heterocycles. The van der Waals surface area contributed by atoms with Gasteiger partial charge in [0.05, 0.1) is 12.5 Å². The Kier molecular flexibility index (Phi) is 3.56.